The third-order valence-corrected chi connectivity index (χ3v) is 5.66. The minimum atomic E-state index is -2.87. The number of nitrogens with zero attached hydrogens (tertiary/aromatic N) is 1. The molecule has 1 aliphatic heterocycles. The summed E-state index contributed by atoms with van der Waals surface area (Å²) >= 11 is 0. The van der Waals surface area contributed by atoms with Gasteiger partial charge in [0.2, 0.25) is 0 Å². The van der Waals surface area contributed by atoms with Crippen molar-refractivity contribution in [2.24, 2.45) is 5.92 Å². The number of rotatable bonds is 6. The summed E-state index contributed by atoms with van der Waals surface area (Å²) in [6, 6.07) is 0.524. The van der Waals surface area contributed by atoms with Crippen molar-refractivity contribution < 1.29 is 8.42 Å². The van der Waals surface area contributed by atoms with Crippen LogP contribution in [0.3, 0.4) is 0 Å². The molecular formula is C14H28N2O2S. The van der Waals surface area contributed by atoms with Gasteiger partial charge in [-0.15, -0.1) is 0 Å². The summed E-state index contributed by atoms with van der Waals surface area (Å²) < 4.78 is 22.9. The Morgan fingerprint density at radius 3 is 2.58 bits per heavy atom. The number of nitrogens with one attached hydrogen (secondary N) is 1. The second-order valence-electron chi connectivity index (χ2n) is 6.57. The van der Waals surface area contributed by atoms with Crippen LogP contribution in [0.25, 0.3) is 0 Å². The molecule has 4 nitrogen and oxygen atoms in total. The molecule has 1 heterocycles. The molecule has 0 bridgehead atoms. The number of hydrogen-bond donors (Lipinski definition) is 1. The Morgan fingerprint density at radius 2 is 2.05 bits per heavy atom. The van der Waals surface area contributed by atoms with Crippen LogP contribution in [-0.4, -0.2) is 56.5 Å². The number of piperazine rings is 1. The average molecular weight is 288 g/mol. The fraction of sp³-hybridized carbons (Fsp3) is 1.00. The zero-order valence-corrected chi connectivity index (χ0v) is 13.3. The third kappa shape index (κ3) is 3.92. The molecular weight excluding hydrogens is 260 g/mol. The molecule has 0 aromatic carbocycles. The van der Waals surface area contributed by atoms with Crippen molar-refractivity contribution in [1.82, 2.24) is 10.2 Å². The lowest BCUT2D eigenvalue weighted by Gasteiger charge is -2.49. The van der Waals surface area contributed by atoms with E-state index in [0.717, 1.165) is 19.0 Å². The third-order valence-electron chi connectivity index (χ3n) is 4.74. The highest BCUT2D eigenvalue weighted by Gasteiger charge is 2.47. The van der Waals surface area contributed by atoms with E-state index in [4.69, 9.17) is 0 Å². The minimum Gasteiger partial charge on any atom is -0.311 e. The zero-order valence-electron chi connectivity index (χ0n) is 12.5. The molecule has 1 saturated carbocycles. The molecule has 19 heavy (non-hydrogen) atoms. The van der Waals surface area contributed by atoms with Crippen LogP contribution >= 0.6 is 0 Å². The van der Waals surface area contributed by atoms with Gasteiger partial charge < -0.3 is 5.32 Å². The van der Waals surface area contributed by atoms with Gasteiger partial charge in [0.05, 0.1) is 5.75 Å². The highest BCUT2D eigenvalue weighted by Crippen LogP contribution is 2.44. The molecule has 0 aromatic heterocycles. The van der Waals surface area contributed by atoms with Crippen molar-refractivity contribution in [2.45, 2.75) is 51.1 Å². The minimum absolute atomic E-state index is 0.162. The first-order chi connectivity index (χ1) is 8.85. The van der Waals surface area contributed by atoms with E-state index in [-0.39, 0.29) is 11.3 Å². The van der Waals surface area contributed by atoms with Gasteiger partial charge in [-0.25, -0.2) is 8.42 Å². The Morgan fingerprint density at radius 1 is 1.37 bits per heavy atom. The average Bonchev–Trinajstić information content (AvgIpc) is 3.13. The predicted molar refractivity (Wildman–Crippen MR) is 79.1 cm³/mol. The molecule has 0 spiro atoms. The summed E-state index contributed by atoms with van der Waals surface area (Å²) in [6.45, 7) is 7.20. The van der Waals surface area contributed by atoms with Crippen molar-refractivity contribution in [3.63, 3.8) is 0 Å². The molecule has 1 N–H and O–H groups in total. The molecule has 2 unspecified atom stereocenters. The molecule has 5 heteroatoms. The molecule has 1 saturated heterocycles. The molecule has 1 aliphatic carbocycles. The molecule has 0 amide bonds. The molecule has 2 fully saturated rings. The lowest BCUT2D eigenvalue weighted by molar-refractivity contribution is 0.0387. The van der Waals surface area contributed by atoms with Crippen molar-refractivity contribution in [2.75, 3.05) is 31.6 Å². The highest BCUT2D eigenvalue weighted by molar-refractivity contribution is 7.90. The largest absolute Gasteiger partial charge is 0.311 e. The Labute approximate surface area is 117 Å². The maximum absolute atomic E-state index is 11.4. The van der Waals surface area contributed by atoms with Crippen LogP contribution in [0.15, 0.2) is 0 Å². The van der Waals surface area contributed by atoms with Crippen LogP contribution in [0.4, 0.5) is 0 Å². The summed E-state index contributed by atoms with van der Waals surface area (Å²) in [5, 5.41) is 3.67. The Balaban J connectivity index is 2.02. The summed E-state index contributed by atoms with van der Waals surface area (Å²) in [6.07, 6.45) is 6.29. The standard InChI is InChI=1S/C14H28N2O2S/c1-4-5-13-10-16(8-9-19(3,17)18)14(2,11-15-13)12-6-7-12/h12-13,15H,4-11H2,1-3H3. The lowest BCUT2D eigenvalue weighted by atomic mass is 9.89. The van der Waals surface area contributed by atoms with Gasteiger partial charge in [-0.3, -0.25) is 4.90 Å². The van der Waals surface area contributed by atoms with E-state index in [2.05, 4.69) is 24.1 Å². The number of sulfone groups is 1. The molecule has 112 valence electrons. The van der Waals surface area contributed by atoms with E-state index >= 15 is 0 Å². The van der Waals surface area contributed by atoms with E-state index in [1.807, 2.05) is 0 Å². The second-order valence-corrected chi connectivity index (χ2v) is 8.83. The van der Waals surface area contributed by atoms with Crippen molar-refractivity contribution >= 4 is 9.84 Å². The van der Waals surface area contributed by atoms with Crippen LogP contribution in [0.2, 0.25) is 0 Å². The SMILES string of the molecule is CCCC1CN(CCS(C)(=O)=O)C(C)(C2CC2)CN1. The second kappa shape index (κ2) is 5.70. The fourth-order valence-corrected chi connectivity index (χ4v) is 3.83. The predicted octanol–water partition coefficient (Wildman–Crippen LogP) is 1.27. The number of hydrogen-bond acceptors (Lipinski definition) is 4. The molecule has 2 aliphatic rings. The molecule has 0 aromatic rings. The summed E-state index contributed by atoms with van der Waals surface area (Å²) in [5.41, 5.74) is 0.162. The van der Waals surface area contributed by atoms with Crippen molar-refractivity contribution in [1.29, 1.82) is 0 Å². The van der Waals surface area contributed by atoms with Gasteiger partial charge in [0.15, 0.2) is 0 Å². The van der Waals surface area contributed by atoms with Crippen molar-refractivity contribution in [3.8, 4) is 0 Å². The quantitative estimate of drug-likeness (QED) is 0.800. The monoisotopic (exact) mass is 288 g/mol. The first-order valence-corrected chi connectivity index (χ1v) is 9.57. The molecule has 2 rings (SSSR count). The molecule has 2 atom stereocenters. The van der Waals surface area contributed by atoms with Gasteiger partial charge in [-0.2, -0.15) is 0 Å². The Bertz CT molecular complexity index is 406. The molecule has 0 radical (unpaired) electrons. The maximum atomic E-state index is 11.4. The summed E-state index contributed by atoms with van der Waals surface area (Å²) in [5.74, 6) is 1.04. The van der Waals surface area contributed by atoms with E-state index in [1.54, 1.807) is 0 Å². The zero-order chi connectivity index (χ0) is 14.1. The van der Waals surface area contributed by atoms with Gasteiger partial charge in [-0.05, 0) is 32.1 Å². The van der Waals surface area contributed by atoms with Crippen LogP contribution in [0.5, 0.6) is 0 Å². The van der Waals surface area contributed by atoms with Crippen molar-refractivity contribution in [3.05, 3.63) is 0 Å². The van der Waals surface area contributed by atoms with Gasteiger partial charge >= 0.3 is 0 Å². The first-order valence-electron chi connectivity index (χ1n) is 7.51. The van der Waals surface area contributed by atoms with Gasteiger partial charge in [0.1, 0.15) is 9.84 Å². The van der Waals surface area contributed by atoms with E-state index < -0.39 is 9.84 Å². The smallest absolute Gasteiger partial charge is 0.148 e. The topological polar surface area (TPSA) is 49.4 Å². The fourth-order valence-electron chi connectivity index (χ4n) is 3.27. The van der Waals surface area contributed by atoms with Gasteiger partial charge in [0.25, 0.3) is 0 Å². The summed E-state index contributed by atoms with van der Waals surface area (Å²) in [7, 11) is -2.87. The van der Waals surface area contributed by atoms with Crippen LogP contribution in [0.1, 0.15) is 39.5 Å². The Hall–Kier alpha value is -0.130. The highest BCUT2D eigenvalue weighted by atomic mass is 32.2. The van der Waals surface area contributed by atoms with E-state index in [9.17, 15) is 8.42 Å². The lowest BCUT2D eigenvalue weighted by Crippen LogP contribution is -2.65. The Kier molecular flexibility index (Phi) is 4.58. The normalized spacial score (nSPS) is 33.5. The van der Waals surface area contributed by atoms with E-state index in [0.29, 0.717) is 12.6 Å². The van der Waals surface area contributed by atoms with Gasteiger partial charge in [0, 0.05) is 37.5 Å². The first kappa shape index (κ1) is 15.3. The van der Waals surface area contributed by atoms with Crippen LogP contribution in [-0.2, 0) is 9.84 Å². The van der Waals surface area contributed by atoms with E-state index in [1.165, 1.54) is 31.9 Å². The van der Waals surface area contributed by atoms with Crippen LogP contribution < -0.4 is 5.32 Å². The van der Waals surface area contributed by atoms with Crippen LogP contribution in [0, 0.1) is 5.92 Å². The summed E-state index contributed by atoms with van der Waals surface area (Å²) in [4.78, 5) is 2.45. The van der Waals surface area contributed by atoms with Gasteiger partial charge in [-0.1, -0.05) is 13.3 Å². The maximum Gasteiger partial charge on any atom is 0.148 e.